The molecule has 0 radical (unpaired) electrons. The number of carbonyl (C=O) groups is 1. The molecule has 5 nitrogen and oxygen atoms in total. The van der Waals surface area contributed by atoms with Crippen molar-refractivity contribution in [2.24, 2.45) is 0 Å². The van der Waals surface area contributed by atoms with Crippen LogP contribution in [0.15, 0.2) is 30.5 Å². The Bertz CT molecular complexity index is 450. The van der Waals surface area contributed by atoms with Crippen LogP contribution in [0.4, 0.5) is 0 Å². The van der Waals surface area contributed by atoms with E-state index in [1.165, 1.54) is 6.07 Å². The van der Waals surface area contributed by atoms with E-state index in [2.05, 4.69) is 15.2 Å². The second kappa shape index (κ2) is 3.29. The summed E-state index contributed by atoms with van der Waals surface area (Å²) in [5.41, 5.74) is 1.42. The Kier molecular flexibility index (Phi) is 1.98. The van der Waals surface area contributed by atoms with Crippen LogP contribution in [0.25, 0.3) is 11.4 Å². The van der Waals surface area contributed by atoms with Crippen LogP contribution in [0.5, 0.6) is 0 Å². The summed E-state index contributed by atoms with van der Waals surface area (Å²) in [4.78, 5) is 13.3. The second-order valence-electron chi connectivity index (χ2n) is 2.70. The van der Waals surface area contributed by atoms with Crippen molar-refractivity contribution < 1.29 is 9.90 Å². The first-order valence-corrected chi connectivity index (χ1v) is 3.98. The zero-order valence-corrected chi connectivity index (χ0v) is 7.14. The number of nitrogens with one attached hydrogen (secondary N) is 1. The van der Waals surface area contributed by atoms with Gasteiger partial charge in [0.15, 0.2) is 0 Å². The van der Waals surface area contributed by atoms with Crippen molar-refractivity contribution in [3.05, 3.63) is 36.2 Å². The monoisotopic (exact) mass is 189 g/mol. The van der Waals surface area contributed by atoms with Crippen LogP contribution >= 0.6 is 0 Å². The van der Waals surface area contributed by atoms with E-state index in [1.807, 2.05) is 0 Å². The summed E-state index contributed by atoms with van der Waals surface area (Å²) >= 11 is 0. The molecule has 2 aromatic rings. The zero-order valence-electron chi connectivity index (χ0n) is 7.14. The van der Waals surface area contributed by atoms with E-state index in [4.69, 9.17) is 5.11 Å². The van der Waals surface area contributed by atoms with Crippen molar-refractivity contribution in [1.82, 2.24) is 15.2 Å². The van der Waals surface area contributed by atoms with Crippen LogP contribution in [-0.2, 0) is 0 Å². The highest BCUT2D eigenvalue weighted by Crippen LogP contribution is 2.14. The Morgan fingerprint density at radius 3 is 2.79 bits per heavy atom. The molecule has 2 N–H and O–H groups in total. The molecule has 2 rings (SSSR count). The largest absolute Gasteiger partial charge is 0.477 e. The smallest absolute Gasteiger partial charge is 0.352 e. The van der Waals surface area contributed by atoms with Gasteiger partial charge in [0.1, 0.15) is 11.4 Å². The molecule has 70 valence electrons. The van der Waals surface area contributed by atoms with Gasteiger partial charge in [-0.15, -0.1) is 5.10 Å². The number of aromatic nitrogens is 3. The molecule has 0 fully saturated rings. The lowest BCUT2D eigenvalue weighted by atomic mass is 10.3. The first-order chi connectivity index (χ1) is 6.77. The third-order valence-corrected chi connectivity index (χ3v) is 1.76. The normalized spacial score (nSPS) is 10.0. The molecule has 0 aliphatic carbocycles. The molecule has 0 atom stereocenters. The van der Waals surface area contributed by atoms with Gasteiger partial charge in [0.05, 0.1) is 5.69 Å². The van der Waals surface area contributed by atoms with Gasteiger partial charge >= 0.3 is 5.97 Å². The highest BCUT2D eigenvalue weighted by Gasteiger charge is 2.07. The van der Waals surface area contributed by atoms with E-state index in [0.29, 0.717) is 11.4 Å². The lowest BCUT2D eigenvalue weighted by molar-refractivity contribution is 0.0691. The molecule has 0 aliphatic rings. The molecule has 0 spiro atoms. The van der Waals surface area contributed by atoms with Gasteiger partial charge in [0.2, 0.25) is 0 Å². The van der Waals surface area contributed by atoms with E-state index < -0.39 is 5.97 Å². The number of rotatable bonds is 2. The minimum Gasteiger partial charge on any atom is -0.477 e. The molecule has 0 aliphatic heterocycles. The Hall–Kier alpha value is -2.17. The lowest BCUT2D eigenvalue weighted by Crippen LogP contribution is -1.96. The van der Waals surface area contributed by atoms with Crippen LogP contribution in [0, 0.1) is 0 Å². The van der Waals surface area contributed by atoms with Crippen LogP contribution < -0.4 is 0 Å². The van der Waals surface area contributed by atoms with Crippen LogP contribution in [-0.4, -0.2) is 26.3 Å². The van der Waals surface area contributed by atoms with E-state index >= 15 is 0 Å². The minimum absolute atomic E-state index is 0.144. The molecular formula is C9H7N3O2. The Morgan fingerprint density at radius 1 is 1.36 bits per heavy atom. The molecule has 0 amide bonds. The number of aromatic amines is 1. The van der Waals surface area contributed by atoms with Crippen molar-refractivity contribution in [3.63, 3.8) is 0 Å². The third-order valence-electron chi connectivity index (χ3n) is 1.76. The fourth-order valence-corrected chi connectivity index (χ4v) is 1.11. The van der Waals surface area contributed by atoms with Crippen LogP contribution in [0.1, 0.15) is 10.5 Å². The summed E-state index contributed by atoms with van der Waals surface area (Å²) in [5.74, 6) is -0.986. The van der Waals surface area contributed by atoms with E-state index in [0.717, 1.165) is 0 Å². The van der Waals surface area contributed by atoms with E-state index in [1.54, 1.807) is 24.4 Å². The molecule has 14 heavy (non-hydrogen) atoms. The van der Waals surface area contributed by atoms with Crippen molar-refractivity contribution in [2.75, 3.05) is 0 Å². The van der Waals surface area contributed by atoms with E-state index in [9.17, 15) is 4.79 Å². The number of H-pyrrole nitrogens is 1. The summed E-state index contributed by atoms with van der Waals surface area (Å²) in [5, 5.41) is 16.2. The van der Waals surface area contributed by atoms with Crippen molar-refractivity contribution in [2.45, 2.75) is 0 Å². The average molecular weight is 189 g/mol. The predicted octanol–water partition coefficient (Wildman–Crippen LogP) is 1.17. The third kappa shape index (κ3) is 1.47. The first-order valence-electron chi connectivity index (χ1n) is 3.98. The van der Waals surface area contributed by atoms with Crippen molar-refractivity contribution in [3.8, 4) is 11.4 Å². The second-order valence-corrected chi connectivity index (χ2v) is 2.70. The van der Waals surface area contributed by atoms with Gasteiger partial charge in [-0.3, -0.25) is 0 Å². The van der Waals surface area contributed by atoms with Crippen LogP contribution in [0.2, 0.25) is 0 Å². The van der Waals surface area contributed by atoms with Crippen LogP contribution in [0.3, 0.4) is 0 Å². The molecule has 0 unspecified atom stereocenters. The van der Waals surface area contributed by atoms with Gasteiger partial charge in [-0.1, -0.05) is 0 Å². The van der Waals surface area contributed by atoms with Gasteiger partial charge in [-0.2, -0.15) is 5.10 Å². The highest BCUT2D eigenvalue weighted by molar-refractivity contribution is 5.86. The molecule has 0 bridgehead atoms. The van der Waals surface area contributed by atoms with Gasteiger partial charge in [-0.05, 0) is 24.3 Å². The molecule has 0 aromatic carbocycles. The number of carboxylic acids is 1. The Labute approximate surface area is 79.4 Å². The molecule has 2 aromatic heterocycles. The molecule has 0 saturated heterocycles. The number of hydrogen-bond donors (Lipinski definition) is 2. The summed E-state index contributed by atoms with van der Waals surface area (Å²) in [6.45, 7) is 0. The highest BCUT2D eigenvalue weighted by atomic mass is 16.4. The first kappa shape index (κ1) is 8.43. The summed E-state index contributed by atoms with van der Waals surface area (Å²) in [7, 11) is 0. The standard InChI is InChI=1S/C9H7N3O2/c13-9(14)8-4-3-6(11-8)7-2-1-5-10-12-7/h1-5,11H,(H,13,14). The predicted molar refractivity (Wildman–Crippen MR) is 48.8 cm³/mol. The molecule has 5 heteroatoms. The topological polar surface area (TPSA) is 78.9 Å². The molecule has 0 saturated carbocycles. The maximum absolute atomic E-state index is 10.6. The zero-order chi connectivity index (χ0) is 9.97. The van der Waals surface area contributed by atoms with E-state index in [-0.39, 0.29) is 5.69 Å². The van der Waals surface area contributed by atoms with Gasteiger partial charge < -0.3 is 10.1 Å². The minimum atomic E-state index is -0.986. The lowest BCUT2D eigenvalue weighted by Gasteiger charge is -1.93. The Morgan fingerprint density at radius 2 is 2.21 bits per heavy atom. The summed E-state index contributed by atoms with van der Waals surface area (Å²) in [6, 6.07) is 6.65. The number of aromatic carboxylic acids is 1. The summed E-state index contributed by atoms with van der Waals surface area (Å²) < 4.78 is 0. The van der Waals surface area contributed by atoms with Crippen molar-refractivity contribution >= 4 is 5.97 Å². The van der Waals surface area contributed by atoms with Gasteiger partial charge in [0, 0.05) is 6.20 Å². The number of nitrogens with zero attached hydrogens (tertiary/aromatic N) is 2. The van der Waals surface area contributed by atoms with Gasteiger partial charge in [0.25, 0.3) is 0 Å². The number of hydrogen-bond acceptors (Lipinski definition) is 3. The fraction of sp³-hybridized carbons (Fsp3) is 0. The van der Waals surface area contributed by atoms with Crippen molar-refractivity contribution in [1.29, 1.82) is 0 Å². The molecule has 2 heterocycles. The summed E-state index contributed by atoms with van der Waals surface area (Å²) in [6.07, 6.45) is 1.56. The fourth-order valence-electron chi connectivity index (χ4n) is 1.11. The Balaban J connectivity index is 2.39. The van der Waals surface area contributed by atoms with Gasteiger partial charge in [-0.25, -0.2) is 4.79 Å². The average Bonchev–Trinajstić information content (AvgIpc) is 2.68. The quantitative estimate of drug-likeness (QED) is 0.743. The number of carboxylic acid groups (broad SMARTS) is 1. The maximum Gasteiger partial charge on any atom is 0.352 e. The molecular weight excluding hydrogens is 182 g/mol. The SMILES string of the molecule is O=C(O)c1ccc(-c2cccnn2)[nH]1. The maximum atomic E-state index is 10.6.